The van der Waals surface area contributed by atoms with Gasteiger partial charge >= 0.3 is 0 Å². The highest BCUT2D eigenvalue weighted by molar-refractivity contribution is 5.46. The van der Waals surface area contributed by atoms with Crippen molar-refractivity contribution in [1.29, 1.82) is 0 Å². The molecule has 0 fully saturated rings. The Balaban J connectivity index is 3.44. The summed E-state index contributed by atoms with van der Waals surface area (Å²) in [5.74, 6) is 0. The molecule has 0 aromatic carbocycles. The minimum atomic E-state index is 0.174. The van der Waals surface area contributed by atoms with Crippen LogP contribution in [0.15, 0.2) is 0 Å². The van der Waals surface area contributed by atoms with E-state index < -0.39 is 0 Å². The van der Waals surface area contributed by atoms with Gasteiger partial charge in [-0.3, -0.25) is 4.79 Å². The maximum Gasteiger partial charge on any atom is 0.209 e. The van der Waals surface area contributed by atoms with E-state index in [-0.39, 0.29) is 6.04 Å². The van der Waals surface area contributed by atoms with Gasteiger partial charge < -0.3 is 9.64 Å². The van der Waals surface area contributed by atoms with Crippen molar-refractivity contribution >= 4 is 6.41 Å². The van der Waals surface area contributed by atoms with Gasteiger partial charge in [-0.1, -0.05) is 0 Å². The van der Waals surface area contributed by atoms with Crippen molar-refractivity contribution in [2.24, 2.45) is 0 Å². The molecular formula is C6H13NO2. The van der Waals surface area contributed by atoms with E-state index in [2.05, 4.69) is 0 Å². The fourth-order valence-electron chi connectivity index (χ4n) is 0.463. The molecule has 0 aliphatic rings. The Morgan fingerprint density at radius 3 is 2.67 bits per heavy atom. The van der Waals surface area contributed by atoms with Gasteiger partial charge in [0.15, 0.2) is 0 Å². The monoisotopic (exact) mass is 131 g/mol. The molecule has 1 amide bonds. The number of nitrogens with zero attached hydrogens (tertiary/aromatic N) is 1. The van der Waals surface area contributed by atoms with E-state index in [1.807, 2.05) is 6.92 Å². The minimum absolute atomic E-state index is 0.174. The van der Waals surface area contributed by atoms with Gasteiger partial charge in [0.2, 0.25) is 6.41 Å². The normalized spacial score (nSPS) is 12.8. The molecule has 0 aromatic rings. The van der Waals surface area contributed by atoms with Gasteiger partial charge in [-0.05, 0) is 6.92 Å². The Hall–Kier alpha value is -0.570. The number of likely N-dealkylation sites (N-methyl/N-ethyl adjacent to an activating group) is 1. The lowest BCUT2D eigenvalue weighted by molar-refractivity contribution is -0.119. The van der Waals surface area contributed by atoms with Crippen molar-refractivity contribution in [3.05, 3.63) is 0 Å². The number of carbonyl (C=O) groups excluding carboxylic acids is 1. The lowest BCUT2D eigenvalue weighted by Gasteiger charge is -2.18. The second-order valence-electron chi connectivity index (χ2n) is 2.08. The average Bonchev–Trinajstić information content (AvgIpc) is 1.87. The molecule has 0 aliphatic heterocycles. The number of amides is 1. The van der Waals surface area contributed by atoms with Crippen LogP contribution in [0.4, 0.5) is 0 Å². The average molecular weight is 131 g/mol. The van der Waals surface area contributed by atoms with Crippen LogP contribution in [0.25, 0.3) is 0 Å². The van der Waals surface area contributed by atoms with Crippen LogP contribution in [0.3, 0.4) is 0 Å². The van der Waals surface area contributed by atoms with Gasteiger partial charge in [-0.25, -0.2) is 0 Å². The molecule has 0 rings (SSSR count). The summed E-state index contributed by atoms with van der Waals surface area (Å²) in [5.41, 5.74) is 0. The van der Waals surface area contributed by atoms with Gasteiger partial charge in [-0.2, -0.15) is 0 Å². The first-order valence-electron chi connectivity index (χ1n) is 2.88. The first-order chi connectivity index (χ1) is 4.22. The molecule has 3 nitrogen and oxygen atoms in total. The molecule has 1 unspecified atom stereocenters. The first-order valence-corrected chi connectivity index (χ1v) is 2.88. The summed E-state index contributed by atoms with van der Waals surface area (Å²) in [6, 6.07) is 0.174. The number of carbonyl (C=O) groups is 1. The smallest absolute Gasteiger partial charge is 0.209 e. The third kappa shape index (κ3) is 3.08. The Bertz CT molecular complexity index is 85.1. The molecule has 0 saturated carbocycles. The third-order valence-corrected chi connectivity index (χ3v) is 1.27. The van der Waals surface area contributed by atoms with Crippen molar-refractivity contribution in [2.45, 2.75) is 13.0 Å². The van der Waals surface area contributed by atoms with Crippen molar-refractivity contribution < 1.29 is 9.53 Å². The van der Waals surface area contributed by atoms with Crippen molar-refractivity contribution in [3.63, 3.8) is 0 Å². The first kappa shape index (κ1) is 8.43. The zero-order valence-electron chi connectivity index (χ0n) is 6.13. The fourth-order valence-corrected chi connectivity index (χ4v) is 0.463. The summed E-state index contributed by atoms with van der Waals surface area (Å²) < 4.78 is 4.83. The Kier molecular flexibility index (Phi) is 4.05. The maximum absolute atomic E-state index is 10.1. The van der Waals surface area contributed by atoms with Gasteiger partial charge in [0.1, 0.15) is 0 Å². The van der Waals surface area contributed by atoms with Crippen molar-refractivity contribution in [1.82, 2.24) is 4.90 Å². The minimum Gasteiger partial charge on any atom is -0.383 e. The van der Waals surface area contributed by atoms with E-state index in [1.54, 1.807) is 19.1 Å². The van der Waals surface area contributed by atoms with Gasteiger partial charge in [-0.15, -0.1) is 0 Å². The zero-order valence-corrected chi connectivity index (χ0v) is 6.13. The van der Waals surface area contributed by atoms with Crippen LogP contribution in [-0.4, -0.2) is 38.1 Å². The maximum atomic E-state index is 10.1. The lowest BCUT2D eigenvalue weighted by atomic mass is 10.3. The number of hydrogen-bond acceptors (Lipinski definition) is 2. The van der Waals surface area contributed by atoms with Crippen LogP contribution in [-0.2, 0) is 9.53 Å². The molecule has 0 spiro atoms. The molecule has 0 N–H and O–H groups in total. The van der Waals surface area contributed by atoms with Crippen LogP contribution >= 0.6 is 0 Å². The number of rotatable bonds is 4. The number of methoxy groups -OCH3 is 1. The Morgan fingerprint density at radius 2 is 2.33 bits per heavy atom. The number of ether oxygens (including phenoxy) is 1. The quantitative estimate of drug-likeness (QED) is 0.507. The predicted octanol–water partition coefficient (Wildman–Crippen LogP) is 0.110. The highest BCUT2D eigenvalue weighted by atomic mass is 16.5. The molecule has 9 heavy (non-hydrogen) atoms. The van der Waals surface area contributed by atoms with E-state index in [0.717, 1.165) is 6.41 Å². The molecule has 0 bridgehead atoms. The van der Waals surface area contributed by atoms with E-state index in [4.69, 9.17) is 4.74 Å². The van der Waals surface area contributed by atoms with E-state index in [0.29, 0.717) is 6.61 Å². The van der Waals surface area contributed by atoms with Gasteiger partial charge in [0.05, 0.1) is 12.6 Å². The molecule has 0 aromatic heterocycles. The van der Waals surface area contributed by atoms with Crippen molar-refractivity contribution in [2.75, 3.05) is 20.8 Å². The van der Waals surface area contributed by atoms with Crippen LogP contribution < -0.4 is 0 Å². The van der Waals surface area contributed by atoms with Crippen LogP contribution in [0.5, 0.6) is 0 Å². The predicted molar refractivity (Wildman–Crippen MR) is 35.2 cm³/mol. The van der Waals surface area contributed by atoms with E-state index in [9.17, 15) is 4.79 Å². The highest BCUT2D eigenvalue weighted by Gasteiger charge is 2.03. The summed E-state index contributed by atoms with van der Waals surface area (Å²) in [6.45, 7) is 2.52. The Morgan fingerprint density at radius 1 is 1.78 bits per heavy atom. The summed E-state index contributed by atoms with van der Waals surface area (Å²) in [5, 5.41) is 0. The molecule has 0 saturated heterocycles. The molecule has 54 valence electrons. The molecule has 0 heterocycles. The zero-order chi connectivity index (χ0) is 7.28. The van der Waals surface area contributed by atoms with Crippen LogP contribution in [0.2, 0.25) is 0 Å². The van der Waals surface area contributed by atoms with Gasteiger partial charge in [0, 0.05) is 14.2 Å². The van der Waals surface area contributed by atoms with Crippen LogP contribution in [0.1, 0.15) is 6.92 Å². The van der Waals surface area contributed by atoms with Crippen molar-refractivity contribution in [3.8, 4) is 0 Å². The molecular weight excluding hydrogens is 118 g/mol. The van der Waals surface area contributed by atoms with E-state index >= 15 is 0 Å². The second-order valence-corrected chi connectivity index (χ2v) is 2.08. The largest absolute Gasteiger partial charge is 0.383 e. The summed E-state index contributed by atoms with van der Waals surface area (Å²) >= 11 is 0. The fraction of sp³-hybridized carbons (Fsp3) is 0.833. The topological polar surface area (TPSA) is 29.5 Å². The van der Waals surface area contributed by atoms with Gasteiger partial charge in [0.25, 0.3) is 0 Å². The summed E-state index contributed by atoms with van der Waals surface area (Å²) in [7, 11) is 3.35. The third-order valence-electron chi connectivity index (χ3n) is 1.27. The molecule has 1 atom stereocenters. The molecule has 3 heteroatoms. The Labute approximate surface area is 55.6 Å². The standard InChI is InChI=1S/C6H13NO2/c1-6(4-9-3)7(2)5-8/h5-6H,4H2,1-3H3. The number of hydrogen-bond donors (Lipinski definition) is 0. The lowest BCUT2D eigenvalue weighted by Crippen LogP contribution is -2.31. The highest BCUT2D eigenvalue weighted by Crippen LogP contribution is 1.90. The second kappa shape index (κ2) is 4.32. The summed E-state index contributed by atoms with van der Waals surface area (Å²) in [4.78, 5) is 11.7. The summed E-state index contributed by atoms with van der Waals surface area (Å²) in [6.07, 6.45) is 0.795. The van der Waals surface area contributed by atoms with Crippen LogP contribution in [0, 0.1) is 0 Å². The molecule has 0 aliphatic carbocycles. The SMILES string of the molecule is COCC(C)N(C)C=O. The van der Waals surface area contributed by atoms with E-state index in [1.165, 1.54) is 0 Å². The molecule has 0 radical (unpaired) electrons.